The molecule has 1 N–H and O–H groups in total. The van der Waals surface area contributed by atoms with Crippen molar-refractivity contribution in [2.24, 2.45) is 0 Å². The molecule has 0 saturated carbocycles. The van der Waals surface area contributed by atoms with Gasteiger partial charge in [0, 0.05) is 31.1 Å². The van der Waals surface area contributed by atoms with E-state index in [0.717, 1.165) is 40.1 Å². The summed E-state index contributed by atoms with van der Waals surface area (Å²) in [4.78, 5) is 51.4. The van der Waals surface area contributed by atoms with Gasteiger partial charge in [-0.2, -0.15) is 0 Å². The van der Waals surface area contributed by atoms with Crippen LogP contribution in [0, 0.1) is 6.92 Å². The second-order valence-corrected chi connectivity index (χ2v) is 19.8. The highest BCUT2D eigenvalue weighted by atomic mass is 32.2. The van der Waals surface area contributed by atoms with Crippen LogP contribution in [-0.2, 0) is 46.8 Å². The fraction of sp³-hybridized carbons (Fsp3) is 0.569. The van der Waals surface area contributed by atoms with Gasteiger partial charge in [0.2, 0.25) is 5.91 Å². The van der Waals surface area contributed by atoms with E-state index in [4.69, 9.17) is 23.7 Å². The number of sulfone groups is 1. The summed E-state index contributed by atoms with van der Waals surface area (Å²) in [6.45, 7) is 8.97. The van der Waals surface area contributed by atoms with E-state index < -0.39 is 21.5 Å². The third-order valence-corrected chi connectivity index (χ3v) is 12.9. The number of carbonyl (C=O) groups excluding carboxylic acids is 4. The van der Waals surface area contributed by atoms with Gasteiger partial charge in [0.1, 0.15) is 24.8 Å². The molecular weight excluding hydrogens is 863 g/mol. The standard InChI is InChI=1S/C30H47NO5.C21H26N2O6S/c1-5-6-7-8-9-10-11-12-13-14-15-16-17-18-21-35-27(32)25-19-20-26(24(2)22-25)23-31-28(33)30(3,4)36-29(31)34;1-23-12-18(11-21(23)24)29-14-22-16-4-9-20(27-2)15(10-16)13-28-17-5-7-19(8-6-17)30(3,25)26/h19-20,22H,5-18,21,23H2,1-4H3;4-10,18,22H,11-14H2,1-3H3. The molecule has 0 spiro atoms. The summed E-state index contributed by atoms with van der Waals surface area (Å²) in [5.41, 5.74) is 2.62. The van der Waals surface area contributed by atoms with Crippen molar-refractivity contribution < 1.29 is 51.3 Å². The van der Waals surface area contributed by atoms with Crippen LogP contribution < -0.4 is 14.8 Å². The molecule has 5 rings (SSSR count). The van der Waals surface area contributed by atoms with Crippen LogP contribution in [-0.4, -0.2) is 94.1 Å². The van der Waals surface area contributed by atoms with Gasteiger partial charge in [0.25, 0.3) is 5.91 Å². The number of amides is 3. The van der Waals surface area contributed by atoms with Crippen molar-refractivity contribution in [2.75, 3.05) is 45.6 Å². The van der Waals surface area contributed by atoms with Gasteiger partial charge >= 0.3 is 12.1 Å². The number of ether oxygens (including phenoxy) is 5. The quantitative estimate of drug-likeness (QED) is 0.0437. The minimum absolute atomic E-state index is 0.0912. The summed E-state index contributed by atoms with van der Waals surface area (Å²) in [7, 11) is 0.113. The molecule has 2 aliphatic rings. The third-order valence-electron chi connectivity index (χ3n) is 11.8. The van der Waals surface area contributed by atoms with Gasteiger partial charge in [-0.3, -0.25) is 9.59 Å². The Bertz CT molecular complexity index is 2140. The Morgan fingerprint density at radius 3 is 1.98 bits per heavy atom. The van der Waals surface area contributed by atoms with E-state index in [9.17, 15) is 27.6 Å². The van der Waals surface area contributed by atoms with E-state index in [2.05, 4.69) is 12.2 Å². The average Bonchev–Trinajstić information content (AvgIpc) is 3.71. The highest BCUT2D eigenvalue weighted by Crippen LogP contribution is 2.28. The molecule has 0 aliphatic carbocycles. The molecule has 0 bridgehead atoms. The first-order chi connectivity index (χ1) is 31.5. The number of cyclic esters (lactones) is 1. The molecule has 15 heteroatoms. The molecule has 2 fully saturated rings. The molecule has 1 unspecified atom stereocenters. The van der Waals surface area contributed by atoms with Crippen molar-refractivity contribution in [1.82, 2.24) is 9.80 Å². The van der Waals surface area contributed by atoms with Gasteiger partial charge in [-0.1, -0.05) is 96.5 Å². The molecule has 1 atom stereocenters. The SMILES string of the molecule is CCCCCCCCCCCCCCCCOC(=O)c1ccc(CN2C(=O)OC(C)(C)C2=O)c(C)c1.COc1ccc(NCOC2CC(=O)N(C)C2)cc1COc1ccc(S(C)(=O)=O)cc1. The van der Waals surface area contributed by atoms with E-state index >= 15 is 0 Å². The average molecular weight is 936 g/mol. The topological polar surface area (TPSA) is 167 Å². The fourth-order valence-electron chi connectivity index (χ4n) is 7.70. The van der Waals surface area contributed by atoms with Crippen LogP contribution in [0.15, 0.2) is 65.6 Å². The Morgan fingerprint density at radius 1 is 0.833 bits per heavy atom. The number of aryl methyl sites for hydroxylation is 1. The molecule has 364 valence electrons. The molecule has 2 heterocycles. The molecule has 3 aromatic rings. The monoisotopic (exact) mass is 935 g/mol. The molecule has 3 amide bonds. The molecule has 2 saturated heterocycles. The zero-order valence-electron chi connectivity index (χ0n) is 40.3. The van der Waals surface area contributed by atoms with E-state index in [1.54, 1.807) is 63.2 Å². The second kappa shape index (κ2) is 26.9. The number of likely N-dealkylation sites (N-methyl/N-ethyl adjacent to an activating group) is 1. The Morgan fingerprint density at radius 2 is 1.45 bits per heavy atom. The summed E-state index contributed by atoms with van der Waals surface area (Å²) in [5.74, 6) is 0.632. The van der Waals surface area contributed by atoms with Crippen LogP contribution in [0.3, 0.4) is 0 Å². The Hall–Kier alpha value is -5.15. The maximum absolute atomic E-state index is 12.4. The van der Waals surface area contributed by atoms with Crippen molar-refractivity contribution in [3.8, 4) is 11.5 Å². The number of imide groups is 1. The second-order valence-electron chi connectivity index (χ2n) is 17.8. The zero-order valence-corrected chi connectivity index (χ0v) is 41.1. The van der Waals surface area contributed by atoms with E-state index in [-0.39, 0.29) is 48.7 Å². The number of benzene rings is 3. The number of rotatable bonds is 27. The summed E-state index contributed by atoms with van der Waals surface area (Å²) in [5, 5.41) is 3.19. The predicted molar refractivity (Wildman–Crippen MR) is 255 cm³/mol. The van der Waals surface area contributed by atoms with E-state index in [0.29, 0.717) is 36.6 Å². The number of anilines is 1. The van der Waals surface area contributed by atoms with Crippen molar-refractivity contribution in [2.45, 2.75) is 154 Å². The van der Waals surface area contributed by atoms with Crippen molar-refractivity contribution in [1.29, 1.82) is 0 Å². The normalized spacial score (nSPS) is 15.6. The lowest BCUT2D eigenvalue weighted by atomic mass is 10.0. The molecular formula is C51H73N3O11S. The number of unbranched alkanes of at least 4 members (excludes halogenated alkanes) is 13. The number of carbonyl (C=O) groups is 4. The fourth-order valence-corrected chi connectivity index (χ4v) is 8.33. The van der Waals surface area contributed by atoms with Crippen LogP contribution in [0.2, 0.25) is 0 Å². The molecule has 0 aromatic heterocycles. The van der Waals surface area contributed by atoms with Gasteiger partial charge in [0.15, 0.2) is 15.4 Å². The maximum Gasteiger partial charge on any atom is 0.418 e. The summed E-state index contributed by atoms with van der Waals surface area (Å²) in [6.07, 6.45) is 18.9. The number of hydrogen-bond acceptors (Lipinski definition) is 12. The van der Waals surface area contributed by atoms with Gasteiger partial charge in [-0.25, -0.2) is 22.9 Å². The van der Waals surface area contributed by atoms with Crippen LogP contribution in [0.5, 0.6) is 11.5 Å². The molecule has 0 radical (unpaired) electrons. The lowest BCUT2D eigenvalue weighted by Gasteiger charge is -2.15. The predicted octanol–water partition coefficient (Wildman–Crippen LogP) is 10.2. The molecule has 3 aromatic carbocycles. The van der Waals surface area contributed by atoms with Crippen LogP contribution in [0.4, 0.5) is 10.5 Å². The minimum Gasteiger partial charge on any atom is -0.496 e. The van der Waals surface area contributed by atoms with Crippen molar-refractivity contribution >= 4 is 39.4 Å². The number of hydrogen-bond donors (Lipinski definition) is 1. The van der Waals surface area contributed by atoms with E-state index in [1.165, 1.54) is 95.4 Å². The first-order valence-corrected chi connectivity index (χ1v) is 25.4. The number of nitrogens with one attached hydrogen (secondary N) is 1. The molecule has 66 heavy (non-hydrogen) atoms. The van der Waals surface area contributed by atoms with E-state index in [1.807, 2.05) is 25.1 Å². The number of methoxy groups -OCH3 is 1. The van der Waals surface area contributed by atoms with Gasteiger partial charge < -0.3 is 33.9 Å². The number of nitrogens with zero attached hydrogens (tertiary/aromatic N) is 2. The van der Waals surface area contributed by atoms with Crippen LogP contribution in [0.1, 0.15) is 144 Å². The van der Waals surface area contributed by atoms with Crippen molar-refractivity contribution in [3.63, 3.8) is 0 Å². The number of esters is 1. The Balaban J connectivity index is 0.000000293. The first kappa shape index (κ1) is 53.5. The van der Waals surface area contributed by atoms with Gasteiger partial charge in [0.05, 0.1) is 43.2 Å². The summed E-state index contributed by atoms with van der Waals surface area (Å²) in [6, 6.07) is 17.1. The molecule has 2 aliphatic heterocycles. The maximum atomic E-state index is 12.4. The summed E-state index contributed by atoms with van der Waals surface area (Å²) >= 11 is 0. The highest BCUT2D eigenvalue weighted by molar-refractivity contribution is 7.90. The van der Waals surface area contributed by atoms with Gasteiger partial charge in [-0.15, -0.1) is 0 Å². The smallest absolute Gasteiger partial charge is 0.418 e. The molecule has 14 nitrogen and oxygen atoms in total. The zero-order chi connectivity index (χ0) is 48.1. The minimum atomic E-state index is -3.24. The van der Waals surface area contributed by atoms with Crippen molar-refractivity contribution in [3.05, 3.63) is 82.9 Å². The Labute approximate surface area is 392 Å². The third kappa shape index (κ3) is 17.6. The van der Waals surface area contributed by atoms with Gasteiger partial charge in [-0.05, 0) is 92.9 Å². The summed E-state index contributed by atoms with van der Waals surface area (Å²) < 4.78 is 50.6. The lowest BCUT2D eigenvalue weighted by molar-refractivity contribution is -0.135. The largest absolute Gasteiger partial charge is 0.496 e. The lowest BCUT2D eigenvalue weighted by Crippen LogP contribution is -2.35. The Kier molecular flexibility index (Phi) is 21.8. The highest BCUT2D eigenvalue weighted by Gasteiger charge is 2.47. The van der Waals surface area contributed by atoms with Crippen LogP contribution >= 0.6 is 0 Å². The first-order valence-electron chi connectivity index (χ1n) is 23.5. The van der Waals surface area contributed by atoms with Crippen LogP contribution in [0.25, 0.3) is 0 Å². The number of likely N-dealkylation sites (tertiary alicyclic amines) is 1.